The Kier molecular flexibility index (Phi) is 3.39. The van der Waals surface area contributed by atoms with Gasteiger partial charge in [-0.15, -0.1) is 0 Å². The predicted octanol–water partition coefficient (Wildman–Crippen LogP) is 0.934. The van der Waals surface area contributed by atoms with Crippen molar-refractivity contribution in [1.82, 2.24) is 20.1 Å². The van der Waals surface area contributed by atoms with Crippen LogP contribution in [-0.2, 0) is 11.2 Å². The summed E-state index contributed by atoms with van der Waals surface area (Å²) in [7, 11) is 0. The topological polar surface area (TPSA) is 102 Å². The monoisotopic (exact) mass is 234 g/mol. The average molecular weight is 234 g/mol. The molecule has 0 bridgehead atoms. The van der Waals surface area contributed by atoms with Crippen LogP contribution in [0.4, 0.5) is 0 Å². The molecule has 17 heavy (non-hydrogen) atoms. The first-order chi connectivity index (χ1) is 8.25. The number of aromatic nitrogens is 4. The second kappa shape index (κ2) is 5.15. The Balaban J connectivity index is 1.99. The van der Waals surface area contributed by atoms with E-state index in [4.69, 9.17) is 9.63 Å². The summed E-state index contributed by atoms with van der Waals surface area (Å²) in [5.41, 5.74) is 0.577. The van der Waals surface area contributed by atoms with Gasteiger partial charge in [0.1, 0.15) is 12.0 Å². The number of aryl methyl sites for hydroxylation is 1. The number of rotatable bonds is 5. The lowest BCUT2D eigenvalue weighted by molar-refractivity contribution is -0.137. The van der Waals surface area contributed by atoms with Crippen molar-refractivity contribution in [3.8, 4) is 11.5 Å². The lowest BCUT2D eigenvalue weighted by Crippen LogP contribution is -1.96. The van der Waals surface area contributed by atoms with Gasteiger partial charge in [-0.2, -0.15) is 4.98 Å². The standard InChI is InChI=1S/C10H10N4O3/c15-9(16)3-1-2-8-13-10(14-17-8)7-4-5-11-6-12-7/h4-6H,1-3H2,(H,15,16). The van der Waals surface area contributed by atoms with E-state index in [-0.39, 0.29) is 6.42 Å². The van der Waals surface area contributed by atoms with Crippen molar-refractivity contribution in [2.45, 2.75) is 19.3 Å². The first-order valence-electron chi connectivity index (χ1n) is 5.06. The second-order valence-corrected chi connectivity index (χ2v) is 3.35. The van der Waals surface area contributed by atoms with Crippen LogP contribution >= 0.6 is 0 Å². The number of hydrogen-bond acceptors (Lipinski definition) is 6. The molecule has 7 nitrogen and oxygen atoms in total. The lowest BCUT2D eigenvalue weighted by atomic mass is 10.2. The Bertz CT molecular complexity index is 497. The molecule has 0 aliphatic carbocycles. The molecule has 2 aromatic rings. The van der Waals surface area contributed by atoms with Crippen molar-refractivity contribution in [2.24, 2.45) is 0 Å². The van der Waals surface area contributed by atoms with Crippen molar-refractivity contribution in [1.29, 1.82) is 0 Å². The average Bonchev–Trinajstić information content (AvgIpc) is 2.78. The summed E-state index contributed by atoms with van der Waals surface area (Å²) in [6, 6.07) is 1.67. The molecule has 7 heteroatoms. The summed E-state index contributed by atoms with van der Waals surface area (Å²) in [4.78, 5) is 22.2. The normalized spacial score (nSPS) is 10.4. The zero-order valence-corrected chi connectivity index (χ0v) is 8.91. The van der Waals surface area contributed by atoms with Crippen LogP contribution in [0, 0.1) is 0 Å². The van der Waals surface area contributed by atoms with E-state index in [1.165, 1.54) is 6.33 Å². The number of carbonyl (C=O) groups is 1. The number of carboxylic acids is 1. The highest BCUT2D eigenvalue weighted by molar-refractivity contribution is 5.66. The van der Waals surface area contributed by atoms with Gasteiger partial charge in [0.25, 0.3) is 0 Å². The smallest absolute Gasteiger partial charge is 0.303 e. The molecular formula is C10H10N4O3. The van der Waals surface area contributed by atoms with Crippen LogP contribution in [0.25, 0.3) is 11.5 Å². The number of nitrogens with zero attached hydrogens (tertiary/aromatic N) is 4. The molecule has 0 amide bonds. The van der Waals surface area contributed by atoms with Gasteiger partial charge >= 0.3 is 5.97 Å². The maximum Gasteiger partial charge on any atom is 0.303 e. The molecule has 1 N–H and O–H groups in total. The molecule has 0 fully saturated rings. The summed E-state index contributed by atoms with van der Waals surface area (Å²) in [6.07, 6.45) is 3.99. The van der Waals surface area contributed by atoms with E-state index in [0.29, 0.717) is 30.3 Å². The van der Waals surface area contributed by atoms with E-state index < -0.39 is 5.97 Å². The molecule has 0 radical (unpaired) electrons. The van der Waals surface area contributed by atoms with E-state index in [2.05, 4.69) is 20.1 Å². The van der Waals surface area contributed by atoms with Crippen LogP contribution in [0.2, 0.25) is 0 Å². The lowest BCUT2D eigenvalue weighted by Gasteiger charge is -1.91. The van der Waals surface area contributed by atoms with Gasteiger partial charge in [0.15, 0.2) is 0 Å². The minimum absolute atomic E-state index is 0.0885. The molecule has 0 atom stereocenters. The van der Waals surface area contributed by atoms with Gasteiger partial charge in [-0.3, -0.25) is 4.79 Å². The van der Waals surface area contributed by atoms with Gasteiger partial charge in [-0.05, 0) is 12.5 Å². The molecule has 0 spiro atoms. The van der Waals surface area contributed by atoms with Gasteiger partial charge in [0.2, 0.25) is 11.7 Å². The zero-order chi connectivity index (χ0) is 12.1. The fourth-order valence-electron chi connectivity index (χ4n) is 1.27. The Hall–Kier alpha value is -2.31. The molecule has 0 aromatic carbocycles. The first kappa shape index (κ1) is 11.2. The minimum atomic E-state index is -0.833. The molecule has 0 saturated heterocycles. The van der Waals surface area contributed by atoms with Gasteiger partial charge < -0.3 is 9.63 Å². The van der Waals surface area contributed by atoms with Gasteiger partial charge in [0.05, 0.1) is 0 Å². The highest BCUT2D eigenvalue weighted by atomic mass is 16.5. The molecule has 2 aromatic heterocycles. The van der Waals surface area contributed by atoms with Crippen molar-refractivity contribution >= 4 is 5.97 Å². The Morgan fingerprint density at radius 3 is 3.06 bits per heavy atom. The molecule has 0 unspecified atom stereocenters. The molecule has 0 aliphatic rings. The molecule has 2 heterocycles. The van der Waals surface area contributed by atoms with Crippen LogP contribution in [0.15, 0.2) is 23.1 Å². The maximum absolute atomic E-state index is 10.3. The molecular weight excluding hydrogens is 224 g/mol. The first-order valence-corrected chi connectivity index (χ1v) is 5.06. The fraction of sp³-hybridized carbons (Fsp3) is 0.300. The van der Waals surface area contributed by atoms with Crippen molar-refractivity contribution in [2.75, 3.05) is 0 Å². The summed E-state index contributed by atoms with van der Waals surface area (Å²) in [5.74, 6) is -0.0295. The van der Waals surface area contributed by atoms with Crippen LogP contribution < -0.4 is 0 Å². The number of carboxylic acid groups (broad SMARTS) is 1. The molecule has 0 saturated carbocycles. The van der Waals surface area contributed by atoms with E-state index in [9.17, 15) is 4.79 Å². The summed E-state index contributed by atoms with van der Waals surface area (Å²) >= 11 is 0. The Labute approximate surface area is 96.5 Å². The molecule has 88 valence electrons. The van der Waals surface area contributed by atoms with Crippen molar-refractivity contribution in [3.05, 3.63) is 24.5 Å². The highest BCUT2D eigenvalue weighted by Crippen LogP contribution is 2.12. The van der Waals surface area contributed by atoms with Crippen LogP contribution in [-0.4, -0.2) is 31.2 Å². The minimum Gasteiger partial charge on any atom is -0.481 e. The maximum atomic E-state index is 10.3. The van der Waals surface area contributed by atoms with E-state index in [1.54, 1.807) is 12.3 Å². The number of aliphatic carboxylic acids is 1. The zero-order valence-electron chi connectivity index (χ0n) is 8.91. The SMILES string of the molecule is O=C(O)CCCc1nc(-c2ccncn2)no1. The Morgan fingerprint density at radius 2 is 2.35 bits per heavy atom. The van der Waals surface area contributed by atoms with Crippen LogP contribution in [0.1, 0.15) is 18.7 Å². The summed E-state index contributed by atoms with van der Waals surface area (Å²) in [6.45, 7) is 0. The van der Waals surface area contributed by atoms with Crippen LogP contribution in [0.3, 0.4) is 0 Å². The van der Waals surface area contributed by atoms with Gasteiger partial charge in [-0.25, -0.2) is 9.97 Å². The number of hydrogen-bond donors (Lipinski definition) is 1. The second-order valence-electron chi connectivity index (χ2n) is 3.35. The van der Waals surface area contributed by atoms with E-state index in [1.807, 2.05) is 0 Å². The van der Waals surface area contributed by atoms with Crippen molar-refractivity contribution < 1.29 is 14.4 Å². The third kappa shape index (κ3) is 3.07. The molecule has 0 aliphatic heterocycles. The Morgan fingerprint density at radius 1 is 1.47 bits per heavy atom. The fourth-order valence-corrected chi connectivity index (χ4v) is 1.27. The predicted molar refractivity (Wildman–Crippen MR) is 55.9 cm³/mol. The largest absolute Gasteiger partial charge is 0.481 e. The highest BCUT2D eigenvalue weighted by Gasteiger charge is 2.09. The van der Waals surface area contributed by atoms with Gasteiger partial charge in [0, 0.05) is 19.0 Å². The van der Waals surface area contributed by atoms with E-state index in [0.717, 1.165) is 0 Å². The van der Waals surface area contributed by atoms with E-state index >= 15 is 0 Å². The molecule has 2 rings (SSSR count). The quantitative estimate of drug-likeness (QED) is 0.820. The van der Waals surface area contributed by atoms with Gasteiger partial charge in [-0.1, -0.05) is 5.16 Å². The third-order valence-electron chi connectivity index (χ3n) is 2.06. The van der Waals surface area contributed by atoms with Crippen LogP contribution in [0.5, 0.6) is 0 Å². The summed E-state index contributed by atoms with van der Waals surface area (Å²) in [5, 5.41) is 12.3. The summed E-state index contributed by atoms with van der Waals surface area (Å²) < 4.78 is 4.99. The van der Waals surface area contributed by atoms with Crippen molar-refractivity contribution in [3.63, 3.8) is 0 Å². The third-order valence-corrected chi connectivity index (χ3v) is 2.06.